The predicted octanol–water partition coefficient (Wildman–Crippen LogP) is 3.14. The molecule has 0 saturated carbocycles. The lowest BCUT2D eigenvalue weighted by Crippen LogP contribution is -2.30. The SMILES string of the molecule is Cc1nn2ccccc2c1-c1ccnc(Nc2ccc(OCC(O)CN(C)C)cc2)n1. The summed E-state index contributed by atoms with van der Waals surface area (Å²) in [7, 11) is 3.83. The predicted molar refractivity (Wildman–Crippen MR) is 121 cm³/mol. The number of rotatable bonds is 8. The Balaban J connectivity index is 1.46. The van der Waals surface area contributed by atoms with Crippen LogP contribution in [0.3, 0.4) is 0 Å². The normalized spacial score (nSPS) is 12.3. The van der Waals surface area contributed by atoms with Crippen LogP contribution in [0.1, 0.15) is 5.69 Å². The molecular formula is C23H26N6O2. The molecule has 3 heterocycles. The summed E-state index contributed by atoms with van der Waals surface area (Å²) < 4.78 is 7.51. The van der Waals surface area contributed by atoms with E-state index in [1.165, 1.54) is 0 Å². The first-order valence-electron chi connectivity index (χ1n) is 10.1. The molecule has 0 bridgehead atoms. The van der Waals surface area contributed by atoms with Crippen molar-refractivity contribution in [3.8, 4) is 17.0 Å². The van der Waals surface area contributed by atoms with Crippen molar-refractivity contribution in [1.82, 2.24) is 24.5 Å². The van der Waals surface area contributed by atoms with Crippen molar-refractivity contribution >= 4 is 17.2 Å². The van der Waals surface area contributed by atoms with E-state index in [9.17, 15) is 5.11 Å². The molecule has 31 heavy (non-hydrogen) atoms. The number of nitrogens with zero attached hydrogens (tertiary/aromatic N) is 5. The average Bonchev–Trinajstić information content (AvgIpc) is 3.08. The number of likely N-dealkylation sites (N-methyl/N-ethyl adjacent to an activating group) is 1. The summed E-state index contributed by atoms with van der Waals surface area (Å²) in [6.07, 6.45) is 3.13. The van der Waals surface area contributed by atoms with Gasteiger partial charge in [0.15, 0.2) is 0 Å². The number of aliphatic hydroxyl groups is 1. The molecule has 0 saturated heterocycles. The highest BCUT2D eigenvalue weighted by molar-refractivity contribution is 5.80. The molecule has 2 N–H and O–H groups in total. The average molecular weight is 419 g/mol. The summed E-state index contributed by atoms with van der Waals surface area (Å²) in [6, 6.07) is 15.3. The largest absolute Gasteiger partial charge is 0.491 e. The van der Waals surface area contributed by atoms with E-state index in [2.05, 4.69) is 20.4 Å². The van der Waals surface area contributed by atoms with Gasteiger partial charge in [-0.15, -0.1) is 0 Å². The van der Waals surface area contributed by atoms with Gasteiger partial charge in [0.05, 0.1) is 16.9 Å². The third kappa shape index (κ3) is 4.99. The molecule has 0 aliphatic rings. The number of aromatic nitrogens is 4. The quantitative estimate of drug-likeness (QED) is 0.454. The van der Waals surface area contributed by atoms with Crippen molar-refractivity contribution in [1.29, 1.82) is 0 Å². The minimum atomic E-state index is -0.535. The molecule has 8 nitrogen and oxygen atoms in total. The Morgan fingerprint density at radius 2 is 1.94 bits per heavy atom. The van der Waals surface area contributed by atoms with Gasteiger partial charge in [-0.3, -0.25) is 0 Å². The van der Waals surface area contributed by atoms with Gasteiger partial charge in [0, 0.05) is 30.2 Å². The number of hydrogen-bond acceptors (Lipinski definition) is 7. The molecule has 0 spiro atoms. The van der Waals surface area contributed by atoms with Crippen LogP contribution in [0.2, 0.25) is 0 Å². The van der Waals surface area contributed by atoms with Crippen LogP contribution in [0.25, 0.3) is 16.8 Å². The van der Waals surface area contributed by atoms with E-state index in [0.717, 1.165) is 28.2 Å². The Morgan fingerprint density at radius 3 is 2.71 bits per heavy atom. The minimum absolute atomic E-state index is 0.245. The maximum atomic E-state index is 9.92. The van der Waals surface area contributed by atoms with Gasteiger partial charge >= 0.3 is 0 Å². The van der Waals surface area contributed by atoms with Crippen molar-refractivity contribution in [3.63, 3.8) is 0 Å². The van der Waals surface area contributed by atoms with Gasteiger partial charge in [0.2, 0.25) is 5.95 Å². The molecule has 160 valence electrons. The Kier molecular flexibility index (Phi) is 6.11. The van der Waals surface area contributed by atoms with Gasteiger partial charge in [0.25, 0.3) is 0 Å². The molecule has 0 fully saturated rings. The third-order valence-electron chi connectivity index (χ3n) is 4.76. The van der Waals surface area contributed by atoms with E-state index in [0.29, 0.717) is 18.2 Å². The first-order valence-corrected chi connectivity index (χ1v) is 10.1. The first-order chi connectivity index (χ1) is 15.0. The summed E-state index contributed by atoms with van der Waals surface area (Å²) >= 11 is 0. The van der Waals surface area contributed by atoms with Crippen molar-refractivity contribution in [2.24, 2.45) is 0 Å². The monoisotopic (exact) mass is 418 g/mol. The van der Waals surface area contributed by atoms with Crippen LogP contribution in [0.15, 0.2) is 60.9 Å². The van der Waals surface area contributed by atoms with Crippen LogP contribution < -0.4 is 10.1 Å². The number of pyridine rings is 1. The minimum Gasteiger partial charge on any atom is -0.491 e. The zero-order valence-corrected chi connectivity index (χ0v) is 17.9. The Morgan fingerprint density at radius 1 is 1.13 bits per heavy atom. The maximum absolute atomic E-state index is 9.92. The second-order valence-electron chi connectivity index (χ2n) is 7.63. The van der Waals surface area contributed by atoms with E-state index < -0.39 is 6.10 Å². The highest BCUT2D eigenvalue weighted by Gasteiger charge is 2.13. The summed E-state index contributed by atoms with van der Waals surface area (Å²) in [6.45, 7) is 2.78. The van der Waals surface area contributed by atoms with E-state index in [4.69, 9.17) is 4.74 Å². The number of nitrogens with one attached hydrogen (secondary N) is 1. The number of aryl methyl sites for hydroxylation is 1. The van der Waals surface area contributed by atoms with Crippen LogP contribution in [0, 0.1) is 6.92 Å². The standard InChI is InChI=1S/C23H26N6O2/c1-16-22(21-6-4-5-13-29(21)27-16)20-11-12-24-23(26-20)25-17-7-9-19(10-8-17)31-15-18(30)14-28(2)3/h4-13,18,30H,14-15H2,1-3H3,(H,24,25,26). The van der Waals surface area contributed by atoms with E-state index in [-0.39, 0.29) is 6.61 Å². The highest BCUT2D eigenvalue weighted by Crippen LogP contribution is 2.27. The Hall–Kier alpha value is -3.49. The first kappa shape index (κ1) is 20.8. The molecule has 1 unspecified atom stereocenters. The molecule has 0 amide bonds. The van der Waals surface area contributed by atoms with Crippen LogP contribution in [-0.2, 0) is 0 Å². The Labute approximate surface area is 181 Å². The van der Waals surface area contributed by atoms with Gasteiger partial charge < -0.3 is 20.1 Å². The van der Waals surface area contributed by atoms with E-state index in [1.54, 1.807) is 6.20 Å². The smallest absolute Gasteiger partial charge is 0.227 e. The number of hydrogen-bond donors (Lipinski definition) is 2. The second kappa shape index (κ2) is 9.11. The van der Waals surface area contributed by atoms with Crippen LogP contribution in [-0.4, -0.2) is 62.9 Å². The molecule has 3 aromatic heterocycles. The topological polar surface area (TPSA) is 87.8 Å². The van der Waals surface area contributed by atoms with Crippen LogP contribution in [0.4, 0.5) is 11.6 Å². The number of benzene rings is 1. The molecule has 4 rings (SSSR count). The van der Waals surface area contributed by atoms with E-state index in [1.807, 2.05) is 85.2 Å². The van der Waals surface area contributed by atoms with Crippen LogP contribution >= 0.6 is 0 Å². The van der Waals surface area contributed by atoms with Gasteiger partial charge in [-0.1, -0.05) is 6.07 Å². The lowest BCUT2D eigenvalue weighted by molar-refractivity contribution is 0.0831. The zero-order valence-electron chi connectivity index (χ0n) is 17.9. The van der Waals surface area contributed by atoms with Gasteiger partial charge in [-0.05, 0) is 63.5 Å². The lowest BCUT2D eigenvalue weighted by Gasteiger charge is -2.16. The van der Waals surface area contributed by atoms with Crippen molar-refractivity contribution in [2.45, 2.75) is 13.0 Å². The molecule has 0 aliphatic carbocycles. The molecule has 4 aromatic rings. The van der Waals surface area contributed by atoms with Gasteiger partial charge in [-0.2, -0.15) is 5.10 Å². The fourth-order valence-corrected chi connectivity index (χ4v) is 3.42. The fourth-order valence-electron chi connectivity index (χ4n) is 3.42. The lowest BCUT2D eigenvalue weighted by atomic mass is 10.1. The van der Waals surface area contributed by atoms with Crippen LogP contribution in [0.5, 0.6) is 5.75 Å². The van der Waals surface area contributed by atoms with Gasteiger partial charge in [-0.25, -0.2) is 14.5 Å². The molecule has 8 heteroatoms. The molecule has 1 atom stereocenters. The van der Waals surface area contributed by atoms with Crippen molar-refractivity contribution in [3.05, 3.63) is 66.6 Å². The fraction of sp³-hybridized carbons (Fsp3) is 0.261. The number of anilines is 2. The maximum Gasteiger partial charge on any atom is 0.227 e. The number of aliphatic hydroxyl groups excluding tert-OH is 1. The van der Waals surface area contributed by atoms with Crippen molar-refractivity contribution in [2.75, 3.05) is 32.6 Å². The molecule has 0 radical (unpaired) electrons. The zero-order chi connectivity index (χ0) is 21.8. The molecule has 1 aromatic carbocycles. The van der Waals surface area contributed by atoms with E-state index >= 15 is 0 Å². The summed E-state index contributed by atoms with van der Waals surface area (Å²) in [5.41, 5.74) is 4.56. The number of fused-ring (bicyclic) bond motifs is 1. The summed E-state index contributed by atoms with van der Waals surface area (Å²) in [5, 5.41) is 17.7. The van der Waals surface area contributed by atoms with Gasteiger partial charge in [0.1, 0.15) is 18.5 Å². The molecule has 0 aliphatic heterocycles. The summed E-state index contributed by atoms with van der Waals surface area (Å²) in [5.74, 6) is 1.20. The Bertz CT molecular complexity index is 1160. The second-order valence-corrected chi connectivity index (χ2v) is 7.63. The summed E-state index contributed by atoms with van der Waals surface area (Å²) in [4.78, 5) is 11.0. The third-order valence-corrected chi connectivity index (χ3v) is 4.76. The number of ether oxygens (including phenoxy) is 1. The highest BCUT2D eigenvalue weighted by atomic mass is 16.5. The van der Waals surface area contributed by atoms with Crippen molar-refractivity contribution < 1.29 is 9.84 Å². The molecular weight excluding hydrogens is 392 g/mol.